The first-order valence-electron chi connectivity index (χ1n) is 10.4. The van der Waals surface area contributed by atoms with Crippen molar-refractivity contribution in [2.24, 2.45) is 0 Å². The van der Waals surface area contributed by atoms with Gasteiger partial charge in [-0.1, -0.05) is 0 Å². The largest absolute Gasteiger partial charge is 0.478 e. The van der Waals surface area contributed by atoms with E-state index in [0.717, 1.165) is 55.6 Å². The Morgan fingerprint density at radius 2 is 0.949 bits per heavy atom. The third-order valence-corrected chi connectivity index (χ3v) is 5.02. The van der Waals surface area contributed by atoms with Gasteiger partial charge >= 0.3 is 5.97 Å². The zero-order chi connectivity index (χ0) is 29.0. The van der Waals surface area contributed by atoms with Crippen LogP contribution < -0.4 is 10.6 Å². The van der Waals surface area contributed by atoms with E-state index in [0.29, 0.717) is 10.8 Å². The van der Waals surface area contributed by atoms with Crippen LogP contribution in [0.4, 0.5) is 34.1 Å². The van der Waals surface area contributed by atoms with Gasteiger partial charge in [0.05, 0.1) is 43.6 Å². The Hall–Kier alpha value is -6.13. The Morgan fingerprint density at radius 1 is 0.590 bits per heavy atom. The normalized spacial score (nSPS) is 10.3. The average Bonchev–Trinajstić information content (AvgIpc) is 2.87. The summed E-state index contributed by atoms with van der Waals surface area (Å²) >= 11 is 0. The molecule has 17 nitrogen and oxygen atoms in total. The summed E-state index contributed by atoms with van der Waals surface area (Å²) in [5, 5.41) is 47.4. The summed E-state index contributed by atoms with van der Waals surface area (Å²) in [7, 11) is 1.06. The minimum absolute atomic E-state index is 0.191. The molecular formula is C22H15N6O11+. The molecule has 2 amide bonds. The van der Waals surface area contributed by atoms with Gasteiger partial charge in [-0.3, -0.25) is 39.9 Å². The highest BCUT2D eigenvalue weighted by atomic mass is 16.6. The number of hydrogen-bond donors (Lipinski definition) is 3. The molecule has 0 aromatic heterocycles. The van der Waals surface area contributed by atoms with Gasteiger partial charge in [0.25, 0.3) is 34.6 Å². The molecule has 39 heavy (non-hydrogen) atoms. The molecule has 3 aromatic rings. The van der Waals surface area contributed by atoms with Crippen LogP contribution in [-0.2, 0) is 0 Å². The number of anilines is 2. The minimum Gasteiger partial charge on any atom is -0.478 e. The highest BCUT2D eigenvalue weighted by Gasteiger charge is 2.22. The number of benzene rings is 3. The van der Waals surface area contributed by atoms with E-state index in [1.807, 2.05) is 0 Å². The first kappa shape index (κ1) is 27.5. The zero-order valence-corrected chi connectivity index (χ0v) is 19.5. The number of aromatic carboxylic acids is 1. The topological polar surface area (TPSA) is 245 Å². The number of nitro groups is 3. The number of nitroso groups, excluding NO2 is 1. The van der Waals surface area contributed by atoms with Crippen molar-refractivity contribution in [3.05, 3.63) is 107 Å². The van der Waals surface area contributed by atoms with Crippen LogP contribution in [-0.4, -0.2) is 49.5 Å². The summed E-state index contributed by atoms with van der Waals surface area (Å²) < 4.78 is 0.292. The van der Waals surface area contributed by atoms with E-state index >= 15 is 0 Å². The summed E-state index contributed by atoms with van der Waals surface area (Å²) in [5.74, 6) is -3.50. The highest BCUT2D eigenvalue weighted by Crippen LogP contribution is 2.26. The van der Waals surface area contributed by atoms with Gasteiger partial charge in [0, 0.05) is 45.3 Å². The minimum atomic E-state index is -1.47. The van der Waals surface area contributed by atoms with Crippen LogP contribution in [0.3, 0.4) is 0 Å². The van der Waals surface area contributed by atoms with Crippen LogP contribution in [0.15, 0.2) is 54.6 Å². The molecule has 17 heteroatoms. The maximum absolute atomic E-state index is 12.8. The van der Waals surface area contributed by atoms with Crippen LogP contribution in [0.25, 0.3) is 0 Å². The second-order valence-corrected chi connectivity index (χ2v) is 7.76. The summed E-state index contributed by atoms with van der Waals surface area (Å²) in [4.78, 5) is 79.4. The van der Waals surface area contributed by atoms with Gasteiger partial charge in [-0.25, -0.2) is 4.79 Å². The van der Waals surface area contributed by atoms with E-state index in [-0.39, 0.29) is 22.6 Å². The molecule has 0 aliphatic heterocycles. The van der Waals surface area contributed by atoms with E-state index in [2.05, 4.69) is 10.6 Å². The van der Waals surface area contributed by atoms with Crippen molar-refractivity contribution in [3.63, 3.8) is 0 Å². The molecule has 3 N–H and O–H groups in total. The molecular weight excluding hydrogens is 524 g/mol. The predicted molar refractivity (Wildman–Crippen MR) is 131 cm³/mol. The van der Waals surface area contributed by atoms with Gasteiger partial charge in [-0.15, -0.1) is 0 Å². The lowest BCUT2D eigenvalue weighted by Crippen LogP contribution is -2.16. The lowest BCUT2D eigenvalue weighted by atomic mass is 10.1. The van der Waals surface area contributed by atoms with Gasteiger partial charge in [-0.05, 0) is 18.2 Å². The number of rotatable bonds is 9. The number of non-ortho nitro benzene ring substituents is 3. The zero-order valence-electron chi connectivity index (χ0n) is 19.5. The van der Waals surface area contributed by atoms with Gasteiger partial charge in [0.15, 0.2) is 7.05 Å². The third kappa shape index (κ3) is 6.55. The van der Waals surface area contributed by atoms with Crippen molar-refractivity contribution in [2.45, 2.75) is 0 Å². The molecule has 0 unspecified atom stereocenters. The smallest absolute Gasteiger partial charge is 0.335 e. The molecule has 3 rings (SSSR count). The summed E-state index contributed by atoms with van der Waals surface area (Å²) in [6, 6.07) is 8.20. The van der Waals surface area contributed by atoms with Crippen LogP contribution >= 0.6 is 0 Å². The molecule has 0 bridgehead atoms. The number of nitrogens with zero attached hydrogens (tertiary/aromatic N) is 4. The maximum Gasteiger partial charge on any atom is 0.335 e. The van der Waals surface area contributed by atoms with E-state index in [4.69, 9.17) is 0 Å². The van der Waals surface area contributed by atoms with Gasteiger partial charge < -0.3 is 15.7 Å². The summed E-state index contributed by atoms with van der Waals surface area (Å²) in [5.41, 5.74) is -3.85. The van der Waals surface area contributed by atoms with Gasteiger partial charge in [-0.2, -0.15) is 0 Å². The fourth-order valence-corrected chi connectivity index (χ4v) is 3.25. The third-order valence-electron chi connectivity index (χ3n) is 5.02. The SMILES string of the molecule is C[N+](=O)c1cc(C(=O)Nc2cc(NC(=O)c3cc([N+](=O)[O-])cc([N+](=O)[O-])c3)cc(C(=O)O)c2)cc([N+](=O)[O-])c1. The summed E-state index contributed by atoms with van der Waals surface area (Å²) in [6.45, 7) is 0. The van der Waals surface area contributed by atoms with Crippen molar-refractivity contribution in [2.75, 3.05) is 17.7 Å². The first-order chi connectivity index (χ1) is 18.2. The monoisotopic (exact) mass is 539 g/mol. The van der Waals surface area contributed by atoms with Crippen LogP contribution in [0, 0.1) is 35.3 Å². The molecule has 0 saturated carbocycles. The Balaban J connectivity index is 1.97. The second kappa shape index (κ2) is 10.9. The Labute approximate surface area is 215 Å². The number of carbonyl (C=O) groups is 3. The average molecular weight is 539 g/mol. The molecule has 0 radical (unpaired) electrons. The van der Waals surface area contributed by atoms with E-state index < -0.39 is 60.7 Å². The quantitative estimate of drug-likeness (QED) is 0.201. The van der Waals surface area contributed by atoms with Crippen LogP contribution in [0.5, 0.6) is 0 Å². The Morgan fingerprint density at radius 3 is 1.28 bits per heavy atom. The number of carboxylic acids is 1. The van der Waals surface area contributed by atoms with Crippen molar-refractivity contribution >= 4 is 51.9 Å². The molecule has 0 aliphatic rings. The molecule has 3 aromatic carbocycles. The van der Waals surface area contributed by atoms with E-state index in [9.17, 15) is 54.7 Å². The summed E-state index contributed by atoms with van der Waals surface area (Å²) in [6.07, 6.45) is 0. The maximum atomic E-state index is 12.8. The first-order valence-corrected chi connectivity index (χ1v) is 10.4. The number of carboxylic acid groups (broad SMARTS) is 1. The highest BCUT2D eigenvalue weighted by molar-refractivity contribution is 6.08. The number of nitro benzene ring substituents is 3. The van der Waals surface area contributed by atoms with Gasteiger partial charge in [0.2, 0.25) is 0 Å². The van der Waals surface area contributed by atoms with E-state index in [1.54, 1.807) is 0 Å². The number of amides is 2. The van der Waals surface area contributed by atoms with Crippen molar-refractivity contribution in [1.82, 2.24) is 0 Å². The fourth-order valence-electron chi connectivity index (χ4n) is 3.25. The van der Waals surface area contributed by atoms with Crippen molar-refractivity contribution in [1.29, 1.82) is 0 Å². The Kier molecular flexibility index (Phi) is 7.65. The molecule has 0 heterocycles. The number of hydrogen-bond acceptors (Lipinski definition) is 10. The van der Waals surface area contributed by atoms with Crippen LogP contribution in [0.1, 0.15) is 31.1 Å². The van der Waals surface area contributed by atoms with Crippen LogP contribution in [0.2, 0.25) is 0 Å². The predicted octanol–water partition coefficient (Wildman–Crippen LogP) is 3.65. The number of carbonyl (C=O) groups excluding carboxylic acids is 2. The lowest BCUT2D eigenvalue weighted by Gasteiger charge is -2.11. The molecule has 0 fully saturated rings. The Bertz CT molecular complexity index is 1430. The second-order valence-electron chi connectivity index (χ2n) is 7.76. The standard InChI is InChI=1S/C22H14N6O11/c1-25(33)16-4-11(5-17(9-16)26(34)35)20(29)23-14-2-13(22(31)32)3-15(8-14)24-21(30)12-6-18(27(36)37)10-19(7-12)28(38)39/h2-10H,1H3,(H2-,23,24,29,30,31,32)/p+1. The van der Waals surface area contributed by atoms with Gasteiger partial charge in [0.1, 0.15) is 0 Å². The number of nitrogens with one attached hydrogen (secondary N) is 2. The molecule has 0 aliphatic carbocycles. The molecule has 0 spiro atoms. The fraction of sp³-hybridized carbons (Fsp3) is 0.0455. The molecule has 0 saturated heterocycles. The molecule has 0 atom stereocenters. The van der Waals surface area contributed by atoms with Crippen molar-refractivity contribution in [3.8, 4) is 0 Å². The lowest BCUT2D eigenvalue weighted by molar-refractivity contribution is -0.430. The molecule has 198 valence electrons. The van der Waals surface area contributed by atoms with E-state index in [1.165, 1.54) is 0 Å². The van der Waals surface area contributed by atoms with Crippen molar-refractivity contribution < 1.29 is 39.0 Å².